The van der Waals surface area contributed by atoms with Gasteiger partial charge in [-0.1, -0.05) is 42.5 Å². The Kier molecular flexibility index (Phi) is 6.53. The molecule has 1 saturated heterocycles. The summed E-state index contributed by atoms with van der Waals surface area (Å²) in [7, 11) is 1.77. The highest BCUT2D eigenvalue weighted by atomic mass is 35.5. The molecule has 2 aliphatic heterocycles. The van der Waals surface area contributed by atoms with Crippen molar-refractivity contribution in [3.05, 3.63) is 65.2 Å². The maximum absolute atomic E-state index is 5.62. The number of ether oxygens (including phenoxy) is 1. The molecule has 0 aromatic heterocycles. The SMILES string of the molecule is COc1ccccc1[C@H]1CN2CCNC[C@H]2c2ccccc21.Cl.Cl. The summed E-state index contributed by atoms with van der Waals surface area (Å²) >= 11 is 0. The van der Waals surface area contributed by atoms with E-state index in [2.05, 4.69) is 52.7 Å². The number of methoxy groups -OCH3 is 1. The second kappa shape index (κ2) is 8.21. The molecular weight excluding hydrogens is 343 g/mol. The number of hydrogen-bond acceptors (Lipinski definition) is 3. The van der Waals surface area contributed by atoms with Crippen molar-refractivity contribution >= 4 is 24.8 Å². The molecule has 3 nitrogen and oxygen atoms in total. The summed E-state index contributed by atoms with van der Waals surface area (Å²) in [6.07, 6.45) is 0. The maximum atomic E-state index is 5.62. The Labute approximate surface area is 156 Å². The summed E-state index contributed by atoms with van der Waals surface area (Å²) in [5.41, 5.74) is 4.23. The van der Waals surface area contributed by atoms with E-state index >= 15 is 0 Å². The van der Waals surface area contributed by atoms with E-state index in [1.54, 1.807) is 7.11 Å². The molecule has 0 radical (unpaired) electrons. The first-order chi connectivity index (χ1) is 10.9. The number of para-hydroxylation sites is 1. The van der Waals surface area contributed by atoms with Crippen molar-refractivity contribution in [1.29, 1.82) is 0 Å². The van der Waals surface area contributed by atoms with Crippen LogP contribution in [-0.2, 0) is 0 Å². The molecule has 2 atom stereocenters. The monoisotopic (exact) mass is 366 g/mol. The van der Waals surface area contributed by atoms with E-state index < -0.39 is 0 Å². The van der Waals surface area contributed by atoms with Gasteiger partial charge in [0.1, 0.15) is 5.75 Å². The number of benzene rings is 2. The third kappa shape index (κ3) is 3.27. The highest BCUT2D eigenvalue weighted by molar-refractivity contribution is 5.85. The normalized spacial score (nSPS) is 22.4. The molecule has 4 rings (SSSR count). The number of nitrogens with zero attached hydrogens (tertiary/aromatic N) is 1. The molecule has 2 heterocycles. The Hall–Kier alpha value is -1.26. The van der Waals surface area contributed by atoms with Crippen molar-refractivity contribution in [2.24, 2.45) is 0 Å². The molecule has 5 heteroatoms. The fraction of sp³-hybridized carbons (Fsp3) is 0.368. The lowest BCUT2D eigenvalue weighted by Gasteiger charge is -2.44. The minimum Gasteiger partial charge on any atom is -0.496 e. The standard InChI is InChI=1S/C19H22N2O.2ClH/c1-22-19-9-5-4-8-16(19)17-13-21-11-10-20-12-18(21)15-7-3-2-6-14(15)17;;/h2-9,17-18,20H,10-13H2,1H3;2*1H/t17-,18-;;/m0../s1. The first-order valence-corrected chi connectivity index (χ1v) is 8.05. The lowest BCUT2D eigenvalue weighted by atomic mass is 9.80. The Morgan fingerprint density at radius 2 is 1.62 bits per heavy atom. The van der Waals surface area contributed by atoms with E-state index in [1.165, 1.54) is 16.7 Å². The van der Waals surface area contributed by atoms with Crippen LogP contribution in [0.3, 0.4) is 0 Å². The van der Waals surface area contributed by atoms with Crippen LogP contribution in [0, 0.1) is 0 Å². The Balaban J connectivity index is 0.00000104. The summed E-state index contributed by atoms with van der Waals surface area (Å²) in [5.74, 6) is 1.39. The number of piperazine rings is 1. The molecule has 24 heavy (non-hydrogen) atoms. The Bertz CT molecular complexity index is 680. The molecule has 0 unspecified atom stereocenters. The number of fused-ring (bicyclic) bond motifs is 3. The third-order valence-electron chi connectivity index (χ3n) is 5.02. The van der Waals surface area contributed by atoms with Crippen LogP contribution in [0.5, 0.6) is 5.75 Å². The van der Waals surface area contributed by atoms with Crippen LogP contribution in [0.4, 0.5) is 0 Å². The van der Waals surface area contributed by atoms with Gasteiger partial charge in [0.25, 0.3) is 0 Å². The van der Waals surface area contributed by atoms with Crippen molar-refractivity contribution in [1.82, 2.24) is 10.2 Å². The predicted octanol–water partition coefficient (Wildman–Crippen LogP) is 3.63. The molecule has 2 aliphatic rings. The fourth-order valence-corrected chi connectivity index (χ4v) is 3.96. The molecular formula is C19H24Cl2N2O. The minimum atomic E-state index is 0. The zero-order valence-corrected chi connectivity index (χ0v) is 15.4. The second-order valence-electron chi connectivity index (χ2n) is 6.14. The van der Waals surface area contributed by atoms with Gasteiger partial charge in [-0.05, 0) is 17.2 Å². The molecule has 1 fully saturated rings. The molecule has 1 N–H and O–H groups in total. The first kappa shape index (κ1) is 19.1. The topological polar surface area (TPSA) is 24.5 Å². The van der Waals surface area contributed by atoms with Gasteiger partial charge < -0.3 is 10.1 Å². The second-order valence-corrected chi connectivity index (χ2v) is 6.14. The predicted molar refractivity (Wildman–Crippen MR) is 103 cm³/mol. The van der Waals surface area contributed by atoms with Crippen LogP contribution in [0.15, 0.2) is 48.5 Å². The lowest BCUT2D eigenvalue weighted by Crippen LogP contribution is -2.50. The van der Waals surface area contributed by atoms with Crippen LogP contribution in [0.25, 0.3) is 0 Å². The number of hydrogen-bond donors (Lipinski definition) is 1. The molecule has 0 spiro atoms. The van der Waals surface area contributed by atoms with Gasteiger partial charge in [0.15, 0.2) is 0 Å². The zero-order valence-electron chi connectivity index (χ0n) is 13.8. The average molecular weight is 367 g/mol. The minimum absolute atomic E-state index is 0. The summed E-state index contributed by atoms with van der Waals surface area (Å²) in [6.45, 7) is 4.32. The summed E-state index contributed by atoms with van der Waals surface area (Å²) in [4.78, 5) is 2.62. The Morgan fingerprint density at radius 1 is 0.958 bits per heavy atom. The lowest BCUT2D eigenvalue weighted by molar-refractivity contribution is 0.142. The van der Waals surface area contributed by atoms with Crippen molar-refractivity contribution in [2.45, 2.75) is 12.0 Å². The van der Waals surface area contributed by atoms with Crippen LogP contribution >= 0.6 is 24.8 Å². The molecule has 0 bridgehead atoms. The van der Waals surface area contributed by atoms with E-state index in [9.17, 15) is 0 Å². The van der Waals surface area contributed by atoms with E-state index in [1.807, 2.05) is 6.07 Å². The molecule has 0 amide bonds. The summed E-state index contributed by atoms with van der Waals surface area (Å²) in [6, 6.07) is 17.9. The van der Waals surface area contributed by atoms with E-state index in [0.717, 1.165) is 31.9 Å². The van der Waals surface area contributed by atoms with Gasteiger partial charge in [0, 0.05) is 43.7 Å². The van der Waals surface area contributed by atoms with Crippen LogP contribution in [0.1, 0.15) is 28.7 Å². The molecule has 0 aliphatic carbocycles. The number of nitrogens with one attached hydrogen (secondary N) is 1. The van der Waals surface area contributed by atoms with Gasteiger partial charge in [0.2, 0.25) is 0 Å². The van der Waals surface area contributed by atoms with E-state index in [-0.39, 0.29) is 24.8 Å². The fourth-order valence-electron chi connectivity index (χ4n) is 3.96. The largest absolute Gasteiger partial charge is 0.496 e. The van der Waals surface area contributed by atoms with Crippen molar-refractivity contribution in [2.75, 3.05) is 33.3 Å². The highest BCUT2D eigenvalue weighted by Crippen LogP contribution is 2.42. The summed E-state index contributed by atoms with van der Waals surface area (Å²) in [5, 5.41) is 3.54. The quantitative estimate of drug-likeness (QED) is 0.877. The first-order valence-electron chi connectivity index (χ1n) is 8.05. The van der Waals surface area contributed by atoms with Crippen LogP contribution in [0.2, 0.25) is 0 Å². The highest BCUT2D eigenvalue weighted by Gasteiger charge is 2.35. The summed E-state index contributed by atoms with van der Waals surface area (Å²) < 4.78 is 5.62. The van der Waals surface area contributed by atoms with Gasteiger partial charge >= 0.3 is 0 Å². The Morgan fingerprint density at radius 3 is 2.38 bits per heavy atom. The van der Waals surface area contributed by atoms with Crippen molar-refractivity contribution in [3.63, 3.8) is 0 Å². The number of halogens is 2. The van der Waals surface area contributed by atoms with Gasteiger partial charge in [0.05, 0.1) is 7.11 Å². The van der Waals surface area contributed by atoms with Gasteiger partial charge in [-0.15, -0.1) is 24.8 Å². The van der Waals surface area contributed by atoms with Gasteiger partial charge in [-0.2, -0.15) is 0 Å². The average Bonchev–Trinajstić information content (AvgIpc) is 2.61. The maximum Gasteiger partial charge on any atom is 0.122 e. The van der Waals surface area contributed by atoms with Crippen LogP contribution < -0.4 is 10.1 Å². The smallest absolute Gasteiger partial charge is 0.122 e. The zero-order chi connectivity index (χ0) is 14.9. The molecule has 2 aromatic rings. The van der Waals surface area contributed by atoms with Crippen LogP contribution in [-0.4, -0.2) is 38.2 Å². The van der Waals surface area contributed by atoms with Gasteiger partial charge in [-0.3, -0.25) is 4.90 Å². The third-order valence-corrected chi connectivity index (χ3v) is 5.02. The van der Waals surface area contributed by atoms with Gasteiger partial charge in [-0.25, -0.2) is 0 Å². The van der Waals surface area contributed by atoms with E-state index in [4.69, 9.17) is 4.74 Å². The molecule has 2 aromatic carbocycles. The van der Waals surface area contributed by atoms with Crippen molar-refractivity contribution < 1.29 is 4.74 Å². The molecule has 130 valence electrons. The van der Waals surface area contributed by atoms with E-state index in [0.29, 0.717) is 12.0 Å². The van der Waals surface area contributed by atoms with Crippen molar-refractivity contribution in [3.8, 4) is 5.75 Å². The number of rotatable bonds is 2. The molecule has 0 saturated carbocycles.